The Morgan fingerprint density at radius 1 is 1.36 bits per heavy atom. The summed E-state index contributed by atoms with van der Waals surface area (Å²) in [5, 5.41) is 0. The van der Waals surface area contributed by atoms with Crippen molar-refractivity contribution in [2.45, 2.75) is 52.2 Å². The fraction of sp³-hybridized carbons (Fsp3) is 0.909. The van der Waals surface area contributed by atoms with Crippen molar-refractivity contribution in [2.75, 3.05) is 6.61 Å². The molecule has 0 N–H and O–H groups in total. The molecule has 0 unspecified atom stereocenters. The number of hydrogen-bond donors (Lipinski definition) is 0. The maximum atomic E-state index is 11.3. The topological polar surface area (TPSA) is 35.5 Å². The SMILES string of the molecule is CCOC(=O)CC1C[C@@H](C)O[C@H](C)C1. The standard InChI is InChI=1S/C11H20O3/c1-4-13-11(12)7-10-5-8(2)14-9(3)6-10/h8-10H,4-7H2,1-3H3/t8-,9-/m1/s1. The van der Waals surface area contributed by atoms with E-state index in [4.69, 9.17) is 9.47 Å². The van der Waals surface area contributed by atoms with Crippen LogP contribution in [0.3, 0.4) is 0 Å². The minimum atomic E-state index is -0.0706. The van der Waals surface area contributed by atoms with Crippen LogP contribution in [0.25, 0.3) is 0 Å². The Hall–Kier alpha value is -0.570. The maximum Gasteiger partial charge on any atom is 0.306 e. The Morgan fingerprint density at radius 3 is 2.43 bits per heavy atom. The molecule has 0 radical (unpaired) electrons. The number of esters is 1. The summed E-state index contributed by atoms with van der Waals surface area (Å²) in [7, 11) is 0. The Balaban J connectivity index is 2.33. The van der Waals surface area contributed by atoms with E-state index in [1.54, 1.807) is 0 Å². The maximum absolute atomic E-state index is 11.3. The Bertz CT molecular complexity index is 181. The predicted octanol–water partition coefficient (Wildman–Crippen LogP) is 2.14. The quantitative estimate of drug-likeness (QED) is 0.655. The summed E-state index contributed by atoms with van der Waals surface area (Å²) in [6.07, 6.45) is 3.05. The van der Waals surface area contributed by atoms with Crippen LogP contribution < -0.4 is 0 Å². The zero-order valence-corrected chi connectivity index (χ0v) is 9.29. The summed E-state index contributed by atoms with van der Waals surface area (Å²) < 4.78 is 10.5. The molecular formula is C11H20O3. The highest BCUT2D eigenvalue weighted by molar-refractivity contribution is 5.69. The van der Waals surface area contributed by atoms with E-state index in [1.807, 2.05) is 6.92 Å². The highest BCUT2D eigenvalue weighted by Gasteiger charge is 2.26. The van der Waals surface area contributed by atoms with Gasteiger partial charge in [-0.05, 0) is 39.5 Å². The van der Waals surface area contributed by atoms with Crippen molar-refractivity contribution in [3.8, 4) is 0 Å². The second kappa shape index (κ2) is 5.35. The van der Waals surface area contributed by atoms with Crippen molar-refractivity contribution in [3.05, 3.63) is 0 Å². The molecule has 0 spiro atoms. The molecule has 2 atom stereocenters. The van der Waals surface area contributed by atoms with Gasteiger partial charge in [-0.25, -0.2) is 0 Å². The minimum Gasteiger partial charge on any atom is -0.466 e. The first-order chi connectivity index (χ1) is 6.61. The summed E-state index contributed by atoms with van der Waals surface area (Å²) in [6.45, 7) is 6.45. The van der Waals surface area contributed by atoms with E-state index in [9.17, 15) is 4.79 Å². The van der Waals surface area contributed by atoms with Crippen LogP contribution in [0.4, 0.5) is 0 Å². The molecular weight excluding hydrogens is 180 g/mol. The van der Waals surface area contributed by atoms with Crippen molar-refractivity contribution in [1.82, 2.24) is 0 Å². The Morgan fingerprint density at radius 2 is 1.93 bits per heavy atom. The van der Waals surface area contributed by atoms with Crippen molar-refractivity contribution in [1.29, 1.82) is 0 Å². The van der Waals surface area contributed by atoms with Gasteiger partial charge in [-0.2, -0.15) is 0 Å². The highest BCUT2D eigenvalue weighted by Crippen LogP contribution is 2.27. The molecule has 0 saturated carbocycles. The van der Waals surface area contributed by atoms with Crippen LogP contribution in [-0.2, 0) is 14.3 Å². The van der Waals surface area contributed by atoms with E-state index >= 15 is 0 Å². The predicted molar refractivity (Wildman–Crippen MR) is 54.0 cm³/mol. The summed E-state index contributed by atoms with van der Waals surface area (Å²) in [6, 6.07) is 0. The van der Waals surface area contributed by atoms with Crippen LogP contribution in [0.2, 0.25) is 0 Å². The van der Waals surface area contributed by atoms with Crippen molar-refractivity contribution >= 4 is 5.97 Å². The average Bonchev–Trinajstić information content (AvgIpc) is 2.01. The minimum absolute atomic E-state index is 0.0706. The third-order valence-corrected chi connectivity index (χ3v) is 2.56. The largest absolute Gasteiger partial charge is 0.466 e. The molecule has 1 aliphatic heterocycles. The lowest BCUT2D eigenvalue weighted by atomic mass is 9.90. The van der Waals surface area contributed by atoms with E-state index in [2.05, 4.69) is 13.8 Å². The molecule has 0 aliphatic carbocycles. The smallest absolute Gasteiger partial charge is 0.306 e. The fourth-order valence-electron chi connectivity index (χ4n) is 2.17. The molecule has 0 aromatic carbocycles. The molecule has 1 saturated heterocycles. The van der Waals surface area contributed by atoms with Gasteiger partial charge in [0.25, 0.3) is 0 Å². The van der Waals surface area contributed by atoms with Crippen LogP contribution >= 0.6 is 0 Å². The van der Waals surface area contributed by atoms with Gasteiger partial charge in [0, 0.05) is 6.42 Å². The van der Waals surface area contributed by atoms with Gasteiger partial charge in [0.2, 0.25) is 0 Å². The Kier molecular flexibility index (Phi) is 4.39. The molecule has 0 aromatic heterocycles. The molecule has 0 amide bonds. The van der Waals surface area contributed by atoms with Crippen LogP contribution in [0, 0.1) is 5.92 Å². The zero-order valence-electron chi connectivity index (χ0n) is 9.29. The van der Waals surface area contributed by atoms with Crippen LogP contribution in [-0.4, -0.2) is 24.8 Å². The molecule has 82 valence electrons. The molecule has 14 heavy (non-hydrogen) atoms. The highest BCUT2D eigenvalue weighted by atomic mass is 16.5. The second-order valence-corrected chi connectivity index (χ2v) is 4.10. The van der Waals surface area contributed by atoms with E-state index in [0.29, 0.717) is 18.9 Å². The van der Waals surface area contributed by atoms with Gasteiger partial charge < -0.3 is 9.47 Å². The van der Waals surface area contributed by atoms with E-state index in [-0.39, 0.29) is 18.2 Å². The van der Waals surface area contributed by atoms with Gasteiger partial charge in [-0.3, -0.25) is 4.79 Å². The Labute approximate surface area is 85.8 Å². The number of hydrogen-bond acceptors (Lipinski definition) is 3. The van der Waals surface area contributed by atoms with E-state index in [0.717, 1.165) is 12.8 Å². The first-order valence-corrected chi connectivity index (χ1v) is 5.42. The van der Waals surface area contributed by atoms with Gasteiger partial charge >= 0.3 is 5.97 Å². The van der Waals surface area contributed by atoms with Crippen LogP contribution in [0.1, 0.15) is 40.0 Å². The van der Waals surface area contributed by atoms with Gasteiger partial charge in [-0.15, -0.1) is 0 Å². The van der Waals surface area contributed by atoms with E-state index in [1.165, 1.54) is 0 Å². The second-order valence-electron chi connectivity index (χ2n) is 4.10. The van der Waals surface area contributed by atoms with Crippen LogP contribution in [0.5, 0.6) is 0 Å². The molecule has 1 fully saturated rings. The number of carbonyl (C=O) groups is 1. The van der Waals surface area contributed by atoms with Gasteiger partial charge in [0.15, 0.2) is 0 Å². The summed E-state index contributed by atoms with van der Waals surface area (Å²) >= 11 is 0. The van der Waals surface area contributed by atoms with Crippen molar-refractivity contribution in [2.24, 2.45) is 5.92 Å². The number of ether oxygens (including phenoxy) is 2. The van der Waals surface area contributed by atoms with Gasteiger partial charge in [0.05, 0.1) is 18.8 Å². The van der Waals surface area contributed by atoms with Gasteiger partial charge in [0.1, 0.15) is 0 Å². The summed E-state index contributed by atoms with van der Waals surface area (Å²) in [5.41, 5.74) is 0. The van der Waals surface area contributed by atoms with Crippen molar-refractivity contribution < 1.29 is 14.3 Å². The summed E-state index contributed by atoms with van der Waals surface area (Å²) in [5.74, 6) is 0.367. The first kappa shape index (κ1) is 11.5. The third-order valence-electron chi connectivity index (χ3n) is 2.56. The molecule has 1 rings (SSSR count). The first-order valence-electron chi connectivity index (χ1n) is 5.42. The van der Waals surface area contributed by atoms with Crippen molar-refractivity contribution in [3.63, 3.8) is 0 Å². The molecule has 1 heterocycles. The third kappa shape index (κ3) is 3.66. The zero-order chi connectivity index (χ0) is 10.6. The monoisotopic (exact) mass is 200 g/mol. The van der Waals surface area contributed by atoms with Crippen LogP contribution in [0.15, 0.2) is 0 Å². The number of carbonyl (C=O) groups excluding carboxylic acids is 1. The normalized spacial score (nSPS) is 32.6. The average molecular weight is 200 g/mol. The molecule has 3 heteroatoms. The van der Waals surface area contributed by atoms with Gasteiger partial charge in [-0.1, -0.05) is 0 Å². The summed E-state index contributed by atoms with van der Waals surface area (Å²) in [4.78, 5) is 11.3. The molecule has 0 bridgehead atoms. The lowest BCUT2D eigenvalue weighted by Gasteiger charge is -2.31. The fourth-order valence-corrected chi connectivity index (χ4v) is 2.17. The molecule has 1 aliphatic rings. The lowest BCUT2D eigenvalue weighted by molar-refractivity contribution is -0.146. The van der Waals surface area contributed by atoms with E-state index < -0.39 is 0 Å². The molecule has 0 aromatic rings. The lowest BCUT2D eigenvalue weighted by Crippen LogP contribution is -2.30. The molecule has 3 nitrogen and oxygen atoms in total. The number of rotatable bonds is 3.